The molecular weight excluding hydrogens is 302 g/mol. The molecule has 0 saturated carbocycles. The lowest BCUT2D eigenvalue weighted by atomic mass is 9.90. The van der Waals surface area contributed by atoms with Gasteiger partial charge in [0.25, 0.3) is 0 Å². The van der Waals surface area contributed by atoms with E-state index < -0.39 is 0 Å². The highest BCUT2D eigenvalue weighted by molar-refractivity contribution is 5.85. The first-order valence-corrected chi connectivity index (χ1v) is 8.41. The van der Waals surface area contributed by atoms with Crippen LogP contribution in [-0.2, 0) is 9.59 Å². The van der Waals surface area contributed by atoms with Crippen LogP contribution in [0.2, 0.25) is 0 Å². The van der Waals surface area contributed by atoms with Crippen molar-refractivity contribution in [2.45, 2.75) is 52.0 Å². The van der Waals surface area contributed by atoms with E-state index in [1.165, 1.54) is 0 Å². The maximum atomic E-state index is 12.6. The van der Waals surface area contributed by atoms with Gasteiger partial charge in [-0.05, 0) is 45.6 Å². The molecule has 0 aromatic rings. The van der Waals surface area contributed by atoms with Gasteiger partial charge in [-0.25, -0.2) is 0 Å². The molecule has 6 heteroatoms. The number of nitrogens with zero attached hydrogens (tertiary/aromatic N) is 1. The zero-order chi connectivity index (χ0) is 15.2. The Morgan fingerprint density at radius 3 is 2.73 bits per heavy atom. The first-order valence-electron chi connectivity index (χ1n) is 8.41. The van der Waals surface area contributed by atoms with Crippen molar-refractivity contribution in [1.29, 1.82) is 0 Å². The number of piperidine rings is 2. The molecule has 0 radical (unpaired) electrons. The third kappa shape index (κ3) is 5.13. The van der Waals surface area contributed by atoms with Crippen molar-refractivity contribution >= 4 is 24.2 Å². The summed E-state index contributed by atoms with van der Waals surface area (Å²) in [5.41, 5.74) is 0. The number of hydrogen-bond acceptors (Lipinski definition) is 3. The Bertz CT molecular complexity index is 378. The number of rotatable bonds is 4. The third-order valence-electron chi connectivity index (χ3n) is 4.63. The molecule has 0 aliphatic carbocycles. The fourth-order valence-electron chi connectivity index (χ4n) is 3.40. The van der Waals surface area contributed by atoms with Crippen LogP contribution in [0.15, 0.2) is 0 Å². The summed E-state index contributed by atoms with van der Waals surface area (Å²) in [6, 6.07) is 0.418. The van der Waals surface area contributed by atoms with E-state index in [2.05, 4.69) is 24.5 Å². The van der Waals surface area contributed by atoms with Gasteiger partial charge in [0.1, 0.15) is 0 Å². The zero-order valence-electron chi connectivity index (χ0n) is 13.8. The average molecular weight is 332 g/mol. The van der Waals surface area contributed by atoms with Crippen molar-refractivity contribution in [3.8, 4) is 0 Å². The van der Waals surface area contributed by atoms with E-state index >= 15 is 0 Å². The highest BCUT2D eigenvalue weighted by Gasteiger charge is 2.33. The number of carbonyl (C=O) groups is 2. The number of carbonyl (C=O) groups excluding carboxylic acids is 2. The standard InChI is InChI=1S/C16H29N3O2.ClH/c1-3-7-18-15(20)14-5-4-9-19(11-14)16(21)13-6-8-17-12(2)10-13;/h12-14,17H,3-11H2,1-2H3,(H,18,20);1H/t12-,13-,14?;/m0./s1. The van der Waals surface area contributed by atoms with Crippen LogP contribution in [0.4, 0.5) is 0 Å². The second-order valence-electron chi connectivity index (χ2n) is 6.49. The van der Waals surface area contributed by atoms with E-state index in [1.54, 1.807) is 0 Å². The SMILES string of the molecule is CCCNC(=O)C1CCCN(C(=O)[C@H]2CCN[C@@H](C)C2)C1.Cl. The van der Waals surface area contributed by atoms with Gasteiger partial charge in [-0.1, -0.05) is 6.92 Å². The Morgan fingerprint density at radius 2 is 2.05 bits per heavy atom. The number of hydrogen-bond donors (Lipinski definition) is 2. The molecule has 2 aliphatic heterocycles. The van der Waals surface area contributed by atoms with Gasteiger partial charge >= 0.3 is 0 Å². The summed E-state index contributed by atoms with van der Waals surface area (Å²) in [4.78, 5) is 26.7. The van der Waals surface area contributed by atoms with Crippen LogP contribution in [-0.4, -0.2) is 48.9 Å². The topological polar surface area (TPSA) is 61.4 Å². The van der Waals surface area contributed by atoms with Gasteiger partial charge in [-0.2, -0.15) is 0 Å². The van der Waals surface area contributed by atoms with Crippen molar-refractivity contribution in [2.24, 2.45) is 11.8 Å². The van der Waals surface area contributed by atoms with E-state index in [0.29, 0.717) is 12.6 Å². The molecule has 2 aliphatic rings. The highest BCUT2D eigenvalue weighted by atomic mass is 35.5. The lowest BCUT2D eigenvalue weighted by Crippen LogP contribution is -2.49. The molecule has 0 spiro atoms. The number of nitrogens with one attached hydrogen (secondary N) is 2. The molecule has 0 aromatic heterocycles. The lowest BCUT2D eigenvalue weighted by Gasteiger charge is -2.36. The summed E-state index contributed by atoms with van der Waals surface area (Å²) in [5.74, 6) is 0.497. The maximum absolute atomic E-state index is 12.6. The van der Waals surface area contributed by atoms with Crippen molar-refractivity contribution < 1.29 is 9.59 Å². The molecule has 2 saturated heterocycles. The predicted molar refractivity (Wildman–Crippen MR) is 90.0 cm³/mol. The van der Waals surface area contributed by atoms with Crippen molar-refractivity contribution in [3.05, 3.63) is 0 Å². The summed E-state index contributed by atoms with van der Waals surface area (Å²) in [7, 11) is 0. The molecule has 3 atom stereocenters. The fourth-order valence-corrected chi connectivity index (χ4v) is 3.40. The van der Waals surface area contributed by atoms with Gasteiger partial charge in [-0.3, -0.25) is 9.59 Å². The summed E-state index contributed by atoms with van der Waals surface area (Å²) in [5, 5.41) is 6.35. The molecule has 128 valence electrons. The number of likely N-dealkylation sites (tertiary alicyclic amines) is 1. The first kappa shape index (κ1) is 19.2. The van der Waals surface area contributed by atoms with E-state index in [1.807, 2.05) is 4.90 Å². The highest BCUT2D eigenvalue weighted by Crippen LogP contribution is 2.23. The second-order valence-corrected chi connectivity index (χ2v) is 6.49. The second kappa shape index (κ2) is 9.36. The first-order chi connectivity index (χ1) is 10.1. The van der Waals surface area contributed by atoms with E-state index in [-0.39, 0.29) is 36.1 Å². The summed E-state index contributed by atoms with van der Waals surface area (Å²) in [6.07, 6.45) is 4.64. The quantitative estimate of drug-likeness (QED) is 0.822. The van der Waals surface area contributed by atoms with Gasteiger partial charge in [-0.15, -0.1) is 12.4 Å². The monoisotopic (exact) mass is 331 g/mol. The average Bonchev–Trinajstić information content (AvgIpc) is 2.52. The van der Waals surface area contributed by atoms with Crippen LogP contribution >= 0.6 is 12.4 Å². The molecule has 22 heavy (non-hydrogen) atoms. The molecule has 0 bridgehead atoms. The third-order valence-corrected chi connectivity index (χ3v) is 4.63. The van der Waals surface area contributed by atoms with E-state index in [9.17, 15) is 9.59 Å². The predicted octanol–water partition coefficient (Wildman–Crippen LogP) is 1.56. The Labute approximate surface area is 140 Å². The Morgan fingerprint density at radius 1 is 1.27 bits per heavy atom. The van der Waals surface area contributed by atoms with Gasteiger partial charge in [0.05, 0.1) is 5.92 Å². The molecule has 2 amide bonds. The van der Waals surface area contributed by atoms with E-state index in [0.717, 1.165) is 51.7 Å². The Hall–Kier alpha value is -0.810. The van der Waals surface area contributed by atoms with Crippen LogP contribution in [0.1, 0.15) is 46.0 Å². The van der Waals surface area contributed by atoms with Crippen LogP contribution in [0, 0.1) is 11.8 Å². The smallest absolute Gasteiger partial charge is 0.225 e. The van der Waals surface area contributed by atoms with Crippen LogP contribution in [0.5, 0.6) is 0 Å². The normalized spacial score (nSPS) is 28.6. The molecule has 1 unspecified atom stereocenters. The maximum Gasteiger partial charge on any atom is 0.225 e. The molecule has 0 aromatic carbocycles. The molecule has 5 nitrogen and oxygen atoms in total. The lowest BCUT2D eigenvalue weighted by molar-refractivity contribution is -0.140. The Kier molecular flexibility index (Phi) is 8.18. The zero-order valence-corrected chi connectivity index (χ0v) is 14.6. The molecule has 2 fully saturated rings. The van der Waals surface area contributed by atoms with Crippen molar-refractivity contribution in [3.63, 3.8) is 0 Å². The summed E-state index contributed by atoms with van der Waals surface area (Å²) >= 11 is 0. The van der Waals surface area contributed by atoms with E-state index in [4.69, 9.17) is 0 Å². The number of halogens is 1. The van der Waals surface area contributed by atoms with Gasteiger partial charge in [0.15, 0.2) is 0 Å². The summed E-state index contributed by atoms with van der Waals surface area (Å²) < 4.78 is 0. The summed E-state index contributed by atoms with van der Waals surface area (Å²) in [6.45, 7) is 7.26. The molecular formula is C16H30ClN3O2. The fraction of sp³-hybridized carbons (Fsp3) is 0.875. The van der Waals surface area contributed by atoms with Gasteiger partial charge in [0.2, 0.25) is 11.8 Å². The minimum atomic E-state index is -0.0200. The largest absolute Gasteiger partial charge is 0.356 e. The molecule has 2 rings (SSSR count). The minimum Gasteiger partial charge on any atom is -0.356 e. The van der Waals surface area contributed by atoms with Crippen LogP contribution < -0.4 is 10.6 Å². The van der Waals surface area contributed by atoms with Gasteiger partial charge < -0.3 is 15.5 Å². The molecule has 2 heterocycles. The van der Waals surface area contributed by atoms with Crippen LogP contribution in [0.3, 0.4) is 0 Å². The minimum absolute atomic E-state index is 0. The van der Waals surface area contributed by atoms with Gasteiger partial charge in [0, 0.05) is 31.6 Å². The number of amides is 2. The van der Waals surface area contributed by atoms with Crippen molar-refractivity contribution in [2.75, 3.05) is 26.2 Å². The molecule has 2 N–H and O–H groups in total. The van der Waals surface area contributed by atoms with Crippen molar-refractivity contribution in [1.82, 2.24) is 15.5 Å². The van der Waals surface area contributed by atoms with Crippen LogP contribution in [0.25, 0.3) is 0 Å². The Balaban J connectivity index is 0.00000242.